The van der Waals surface area contributed by atoms with Crippen molar-refractivity contribution in [2.24, 2.45) is 5.92 Å². The van der Waals surface area contributed by atoms with Gasteiger partial charge in [-0.2, -0.15) is 0 Å². The van der Waals surface area contributed by atoms with Gasteiger partial charge in [0, 0.05) is 18.5 Å². The zero-order chi connectivity index (χ0) is 40.5. The molecule has 2 aliphatic rings. The number of ether oxygens (including phenoxy) is 4. The average Bonchev–Trinajstić information content (AvgIpc) is 3.76. The van der Waals surface area contributed by atoms with E-state index in [0.717, 1.165) is 47.1 Å². The van der Waals surface area contributed by atoms with Crippen LogP contribution < -0.4 is 16.6 Å². The maximum atomic E-state index is 13.4. The van der Waals surface area contributed by atoms with Crippen molar-refractivity contribution >= 4 is 41.8 Å². The Balaban J connectivity index is 1.09. The van der Waals surface area contributed by atoms with Crippen LogP contribution in [0.4, 0.5) is 4.79 Å². The molecule has 2 heterocycles. The molecule has 0 radical (unpaired) electrons. The van der Waals surface area contributed by atoms with Crippen LogP contribution in [-0.4, -0.2) is 64.9 Å². The maximum absolute atomic E-state index is 13.4. The SMILES string of the molecule is CCCCCc1ccc(/C=C/c2cn(C3CC(OC(=O)CCl)C(COC(=O)[C@@H](NC(=O)OCC4c5ccccc5-c5ccccc54)C(C)C)O3)c(=O)[nH]c2=O)cc1. The highest BCUT2D eigenvalue weighted by Gasteiger charge is 2.41. The molecular weight excluding hydrogens is 750 g/mol. The number of halogens is 1. The molecule has 2 N–H and O–H groups in total. The molecule has 1 aliphatic carbocycles. The molecule has 0 spiro atoms. The average molecular weight is 798 g/mol. The van der Waals surface area contributed by atoms with E-state index in [1.54, 1.807) is 26.0 Å². The molecule has 6 rings (SSSR count). The molecular formula is C44H48ClN3O9. The second-order valence-electron chi connectivity index (χ2n) is 14.6. The van der Waals surface area contributed by atoms with Gasteiger partial charge in [0.05, 0.1) is 5.56 Å². The summed E-state index contributed by atoms with van der Waals surface area (Å²) >= 11 is 5.73. The lowest BCUT2D eigenvalue weighted by Crippen LogP contribution is -2.46. The summed E-state index contributed by atoms with van der Waals surface area (Å²) in [5, 5.41) is 2.64. The zero-order valence-corrected chi connectivity index (χ0v) is 33.0. The number of hydrogen-bond donors (Lipinski definition) is 2. The van der Waals surface area contributed by atoms with Crippen LogP contribution in [0.1, 0.15) is 86.4 Å². The number of alkyl carbamates (subject to hydrolysis) is 1. The molecule has 1 fully saturated rings. The van der Waals surface area contributed by atoms with Crippen molar-refractivity contribution in [1.82, 2.24) is 14.9 Å². The van der Waals surface area contributed by atoms with Crippen molar-refractivity contribution in [1.29, 1.82) is 0 Å². The number of carbonyl (C=O) groups excluding carboxylic acids is 3. The molecule has 4 aromatic rings. The van der Waals surface area contributed by atoms with Crippen LogP contribution in [-0.2, 0) is 35.0 Å². The Morgan fingerprint density at radius 1 is 0.930 bits per heavy atom. The second-order valence-corrected chi connectivity index (χ2v) is 14.9. The lowest BCUT2D eigenvalue weighted by atomic mass is 9.98. The number of amides is 1. The fraction of sp³-hybridized carbons (Fsp3) is 0.386. The van der Waals surface area contributed by atoms with Gasteiger partial charge < -0.3 is 24.3 Å². The summed E-state index contributed by atoms with van der Waals surface area (Å²) in [6, 6.07) is 22.9. The molecule has 3 aromatic carbocycles. The summed E-state index contributed by atoms with van der Waals surface area (Å²) in [6.45, 7) is 5.37. The largest absolute Gasteiger partial charge is 0.461 e. The molecule has 57 heavy (non-hydrogen) atoms. The number of rotatable bonds is 16. The van der Waals surface area contributed by atoms with Gasteiger partial charge in [-0.05, 0) is 58.2 Å². The minimum atomic E-state index is -1.07. The third-order valence-corrected chi connectivity index (χ3v) is 10.5. The Kier molecular flexibility index (Phi) is 13.8. The van der Waals surface area contributed by atoms with E-state index in [0.29, 0.717) is 0 Å². The first-order valence-corrected chi connectivity index (χ1v) is 19.9. The molecule has 1 aliphatic heterocycles. The van der Waals surface area contributed by atoms with Crippen LogP contribution in [0.2, 0.25) is 0 Å². The van der Waals surface area contributed by atoms with Gasteiger partial charge in [0.1, 0.15) is 43.6 Å². The predicted molar refractivity (Wildman–Crippen MR) is 217 cm³/mol. The number of nitrogens with one attached hydrogen (secondary N) is 2. The van der Waals surface area contributed by atoms with Crippen LogP contribution >= 0.6 is 11.6 Å². The number of H-pyrrole nitrogens is 1. The number of alkyl halides is 1. The number of aromatic amines is 1. The smallest absolute Gasteiger partial charge is 0.407 e. The summed E-state index contributed by atoms with van der Waals surface area (Å²) in [4.78, 5) is 66.9. The summed E-state index contributed by atoms with van der Waals surface area (Å²) < 4.78 is 24.2. The highest BCUT2D eigenvalue weighted by Crippen LogP contribution is 2.44. The zero-order valence-electron chi connectivity index (χ0n) is 32.3. The number of hydrogen-bond acceptors (Lipinski definition) is 9. The van der Waals surface area contributed by atoms with E-state index in [2.05, 4.69) is 29.4 Å². The topological polar surface area (TPSA) is 155 Å². The molecule has 0 bridgehead atoms. The van der Waals surface area contributed by atoms with Gasteiger partial charge >= 0.3 is 23.7 Å². The van der Waals surface area contributed by atoms with Crippen LogP contribution in [0.3, 0.4) is 0 Å². The number of nitrogens with zero attached hydrogens (tertiary/aromatic N) is 1. The summed E-state index contributed by atoms with van der Waals surface area (Å²) in [6.07, 6.45) is 5.51. The van der Waals surface area contributed by atoms with Crippen LogP contribution in [0.5, 0.6) is 0 Å². The molecule has 3 unspecified atom stereocenters. The highest BCUT2D eigenvalue weighted by atomic mass is 35.5. The summed E-state index contributed by atoms with van der Waals surface area (Å²) in [7, 11) is 0. The molecule has 4 atom stereocenters. The van der Waals surface area contributed by atoms with Gasteiger partial charge in [-0.15, -0.1) is 11.6 Å². The Morgan fingerprint density at radius 2 is 1.61 bits per heavy atom. The second kappa shape index (κ2) is 19.1. The lowest BCUT2D eigenvalue weighted by molar-refractivity contribution is -0.158. The fourth-order valence-electron chi connectivity index (χ4n) is 7.26. The van der Waals surface area contributed by atoms with E-state index in [1.165, 1.54) is 22.7 Å². The van der Waals surface area contributed by atoms with Crippen molar-refractivity contribution < 1.29 is 33.3 Å². The summed E-state index contributed by atoms with van der Waals surface area (Å²) in [5.74, 6) is -2.45. The van der Waals surface area contributed by atoms with Gasteiger partial charge in [-0.25, -0.2) is 14.4 Å². The molecule has 1 saturated heterocycles. The third-order valence-electron chi connectivity index (χ3n) is 10.3. The predicted octanol–water partition coefficient (Wildman–Crippen LogP) is 6.98. The Morgan fingerprint density at radius 3 is 2.26 bits per heavy atom. The van der Waals surface area contributed by atoms with Crippen LogP contribution in [0.25, 0.3) is 23.3 Å². The normalized spacial score (nSPS) is 17.9. The van der Waals surface area contributed by atoms with E-state index >= 15 is 0 Å². The maximum Gasteiger partial charge on any atom is 0.407 e. The number of fused-ring (bicyclic) bond motifs is 3. The van der Waals surface area contributed by atoms with E-state index in [9.17, 15) is 24.0 Å². The van der Waals surface area contributed by atoms with Crippen molar-refractivity contribution in [3.63, 3.8) is 0 Å². The van der Waals surface area contributed by atoms with Crippen LogP contribution in [0.15, 0.2) is 88.6 Å². The Bertz CT molecular complexity index is 2150. The molecule has 13 heteroatoms. The number of unbranched alkanes of at least 4 members (excludes halogenated alkanes) is 2. The quantitative estimate of drug-likeness (QED) is 0.0529. The first-order valence-electron chi connectivity index (χ1n) is 19.4. The first-order chi connectivity index (χ1) is 27.6. The van der Waals surface area contributed by atoms with Crippen molar-refractivity contribution in [2.45, 2.75) is 83.3 Å². The molecule has 1 aromatic heterocycles. The van der Waals surface area contributed by atoms with Gasteiger partial charge in [0.2, 0.25) is 0 Å². The molecule has 12 nitrogen and oxygen atoms in total. The Hall–Kier alpha value is -5.46. The van der Waals surface area contributed by atoms with E-state index in [1.807, 2.05) is 60.7 Å². The standard InChI is InChI=1S/C44H48ClN3O9/c1-4-5-6-11-28-16-18-29(19-17-28)20-21-30-24-48(43(52)47-41(30)50)38-22-36(57-39(49)23-45)37(56-38)26-54-42(51)40(27(2)3)46-44(53)55-25-35-33-14-9-7-12-31(33)32-13-8-10-15-34(32)35/h7-10,12-21,24,27,35-38,40H,4-6,11,22-23,25-26H2,1-3H3,(H,46,53)(H,47,50,52)/b21-20+/t36?,37?,38?,40-/m0/s1. The first kappa shape index (κ1) is 41.2. The van der Waals surface area contributed by atoms with Gasteiger partial charge in [0.25, 0.3) is 5.56 Å². The number of benzene rings is 3. The van der Waals surface area contributed by atoms with Crippen LogP contribution in [0, 0.1) is 5.92 Å². The number of carbonyl (C=O) groups is 3. The van der Waals surface area contributed by atoms with E-state index in [-0.39, 0.29) is 37.0 Å². The number of esters is 2. The van der Waals surface area contributed by atoms with E-state index < -0.39 is 59.6 Å². The fourth-order valence-corrected chi connectivity index (χ4v) is 7.32. The lowest BCUT2D eigenvalue weighted by Gasteiger charge is -2.23. The molecule has 0 saturated carbocycles. The van der Waals surface area contributed by atoms with Gasteiger partial charge in [-0.3, -0.25) is 19.1 Å². The van der Waals surface area contributed by atoms with Crippen molar-refractivity contribution in [2.75, 3.05) is 19.1 Å². The minimum Gasteiger partial charge on any atom is -0.461 e. The van der Waals surface area contributed by atoms with Gasteiger partial charge in [0.15, 0.2) is 0 Å². The molecule has 300 valence electrons. The van der Waals surface area contributed by atoms with Crippen molar-refractivity contribution in [3.05, 3.63) is 128 Å². The summed E-state index contributed by atoms with van der Waals surface area (Å²) in [5.41, 5.74) is 5.30. The molecule has 1 amide bonds. The van der Waals surface area contributed by atoms with Crippen molar-refractivity contribution in [3.8, 4) is 11.1 Å². The number of aromatic nitrogens is 2. The monoisotopic (exact) mass is 797 g/mol. The minimum absolute atomic E-state index is 0.00501. The highest BCUT2D eigenvalue weighted by molar-refractivity contribution is 6.26. The number of aryl methyl sites for hydroxylation is 1. The Labute approximate surface area is 336 Å². The third kappa shape index (κ3) is 10.1. The van der Waals surface area contributed by atoms with E-state index in [4.69, 9.17) is 30.5 Å². The van der Waals surface area contributed by atoms with Gasteiger partial charge in [-0.1, -0.05) is 112 Å².